The summed E-state index contributed by atoms with van der Waals surface area (Å²) in [5.41, 5.74) is -0.642. The molecular weight excluding hydrogens is 219 g/mol. The zero-order valence-corrected chi connectivity index (χ0v) is 13.4. The first-order chi connectivity index (χ1) is 6.69. The van der Waals surface area contributed by atoms with Crippen LogP contribution in [0.3, 0.4) is 0 Å². The molecule has 16 heavy (non-hydrogen) atoms. The molecule has 0 rings (SSSR count). The highest BCUT2D eigenvalue weighted by atomic mass is 31.1. The van der Waals surface area contributed by atoms with E-state index in [2.05, 4.69) is 62.3 Å². The van der Waals surface area contributed by atoms with Crippen molar-refractivity contribution in [1.82, 2.24) is 0 Å². The highest BCUT2D eigenvalue weighted by Gasteiger charge is 2.61. The molecule has 0 saturated heterocycles. The summed E-state index contributed by atoms with van der Waals surface area (Å²) >= 11 is 0. The van der Waals surface area contributed by atoms with E-state index in [1.807, 2.05) is 0 Å². The Labute approximate surface area is 102 Å². The second kappa shape index (κ2) is 4.14. The second-order valence-corrected chi connectivity index (χ2v) is 9.17. The first-order valence-corrected chi connectivity index (χ1v) is 7.28. The van der Waals surface area contributed by atoms with Crippen LogP contribution in [0, 0.1) is 16.2 Å². The third kappa shape index (κ3) is 2.24. The predicted octanol–water partition coefficient (Wildman–Crippen LogP) is 4.33. The Kier molecular flexibility index (Phi) is 4.19. The molecule has 0 aromatic rings. The minimum absolute atomic E-state index is 0.214. The molecule has 0 aliphatic heterocycles. The molecule has 0 heterocycles. The first kappa shape index (κ1) is 16.2. The molecule has 0 saturated carbocycles. The van der Waals surface area contributed by atoms with Gasteiger partial charge in [-0.05, 0) is 16.2 Å². The van der Waals surface area contributed by atoms with Crippen LogP contribution in [-0.4, -0.2) is 10.0 Å². The van der Waals surface area contributed by atoms with Gasteiger partial charge in [-0.25, -0.2) is 0 Å². The Morgan fingerprint density at radius 2 is 0.875 bits per heavy atom. The highest BCUT2D eigenvalue weighted by Crippen LogP contribution is 2.66. The maximum Gasteiger partial charge on any atom is 0.196 e. The van der Waals surface area contributed by atoms with E-state index in [0.717, 1.165) is 0 Å². The lowest BCUT2D eigenvalue weighted by Crippen LogP contribution is -2.58. The van der Waals surface area contributed by atoms with Gasteiger partial charge < -0.3 is 4.89 Å². The molecule has 98 valence electrons. The van der Waals surface area contributed by atoms with Crippen molar-refractivity contribution in [1.29, 1.82) is 0 Å². The molecule has 0 aromatic carbocycles. The van der Waals surface area contributed by atoms with Gasteiger partial charge >= 0.3 is 0 Å². The van der Waals surface area contributed by atoms with Crippen LogP contribution in [0.1, 0.15) is 62.3 Å². The molecule has 0 aromatic heterocycles. The van der Waals surface area contributed by atoms with Gasteiger partial charge in [0.25, 0.3) is 0 Å². The van der Waals surface area contributed by atoms with E-state index < -0.39 is 13.2 Å². The molecule has 1 N–H and O–H groups in total. The van der Waals surface area contributed by atoms with Gasteiger partial charge in [0.1, 0.15) is 0 Å². The molecule has 1 atom stereocenters. The fourth-order valence-electron chi connectivity index (χ4n) is 4.34. The fourth-order valence-corrected chi connectivity index (χ4v) is 6.26. The van der Waals surface area contributed by atoms with E-state index in [1.165, 1.54) is 0 Å². The second-order valence-electron chi connectivity index (χ2n) is 7.81. The van der Waals surface area contributed by atoms with Crippen LogP contribution in [0.4, 0.5) is 0 Å². The Balaban J connectivity index is 6.17. The highest BCUT2D eigenvalue weighted by molar-refractivity contribution is 7.40. The van der Waals surface area contributed by atoms with Crippen molar-refractivity contribution < 1.29 is 9.46 Å². The zero-order chi connectivity index (χ0) is 13.6. The average molecular weight is 248 g/mol. The van der Waals surface area contributed by atoms with Crippen LogP contribution in [0.5, 0.6) is 0 Å². The molecule has 0 aliphatic rings. The Bertz CT molecular complexity index is 238. The molecule has 0 fully saturated rings. The molecule has 1 unspecified atom stereocenters. The first-order valence-electron chi connectivity index (χ1n) is 5.93. The van der Waals surface area contributed by atoms with Crippen molar-refractivity contribution in [3.63, 3.8) is 0 Å². The summed E-state index contributed by atoms with van der Waals surface area (Å²) in [6, 6.07) is 0. The van der Waals surface area contributed by atoms with Crippen molar-refractivity contribution >= 4 is 8.03 Å². The van der Waals surface area contributed by atoms with Crippen molar-refractivity contribution in [2.45, 2.75) is 67.5 Å². The van der Waals surface area contributed by atoms with Gasteiger partial charge in [-0.3, -0.25) is 4.57 Å². The number of hydrogen-bond acceptors (Lipinski definition) is 1. The molecule has 0 bridgehead atoms. The van der Waals surface area contributed by atoms with Crippen molar-refractivity contribution in [2.75, 3.05) is 0 Å². The summed E-state index contributed by atoms with van der Waals surface area (Å²) in [6.45, 7) is 18.6. The van der Waals surface area contributed by atoms with Gasteiger partial charge in [0.05, 0.1) is 5.16 Å². The molecule has 0 aliphatic carbocycles. The minimum atomic E-state index is -2.65. The van der Waals surface area contributed by atoms with E-state index in [0.29, 0.717) is 0 Å². The van der Waals surface area contributed by atoms with E-state index >= 15 is 0 Å². The summed E-state index contributed by atoms with van der Waals surface area (Å²) in [6.07, 6.45) is 0. The smallest absolute Gasteiger partial charge is 0.196 e. The number of hydrogen-bond donors (Lipinski definition) is 1. The molecular formula is C13H29O2P. The summed E-state index contributed by atoms with van der Waals surface area (Å²) in [4.78, 5) is 10.0. The van der Waals surface area contributed by atoms with Crippen LogP contribution in [0.2, 0.25) is 0 Å². The Hall–Kier alpha value is 0.190. The fraction of sp³-hybridized carbons (Fsp3) is 1.00. The lowest BCUT2D eigenvalue weighted by Gasteiger charge is -2.59. The Morgan fingerprint density at radius 3 is 0.875 bits per heavy atom. The lowest BCUT2D eigenvalue weighted by atomic mass is 9.55. The maximum absolute atomic E-state index is 12.1. The van der Waals surface area contributed by atoms with E-state index in [-0.39, 0.29) is 16.2 Å². The van der Waals surface area contributed by atoms with Crippen LogP contribution >= 0.6 is 8.03 Å². The molecule has 0 radical (unpaired) electrons. The van der Waals surface area contributed by atoms with Crippen molar-refractivity contribution in [3.8, 4) is 0 Å². The van der Waals surface area contributed by atoms with E-state index in [4.69, 9.17) is 0 Å². The average Bonchev–Trinajstić information content (AvgIpc) is 1.71. The summed E-state index contributed by atoms with van der Waals surface area (Å²) in [5.74, 6) is 0. The van der Waals surface area contributed by atoms with Gasteiger partial charge in [-0.15, -0.1) is 0 Å². The van der Waals surface area contributed by atoms with Gasteiger partial charge in [0, 0.05) is 0 Å². The van der Waals surface area contributed by atoms with Crippen molar-refractivity contribution in [2.24, 2.45) is 16.2 Å². The molecule has 3 heteroatoms. The van der Waals surface area contributed by atoms with Crippen molar-refractivity contribution in [3.05, 3.63) is 0 Å². The normalized spacial score (nSPS) is 17.4. The maximum atomic E-state index is 12.1. The summed E-state index contributed by atoms with van der Waals surface area (Å²) < 4.78 is 12.1. The summed E-state index contributed by atoms with van der Waals surface area (Å²) in [5, 5.41) is -0.586. The van der Waals surface area contributed by atoms with E-state index in [1.54, 1.807) is 0 Å². The van der Waals surface area contributed by atoms with Crippen LogP contribution in [0.25, 0.3) is 0 Å². The molecule has 0 spiro atoms. The van der Waals surface area contributed by atoms with Crippen LogP contribution < -0.4 is 0 Å². The van der Waals surface area contributed by atoms with E-state index in [9.17, 15) is 9.46 Å². The third-order valence-electron chi connectivity index (χ3n) is 3.70. The van der Waals surface area contributed by atoms with Gasteiger partial charge in [-0.2, -0.15) is 0 Å². The number of rotatable bonds is 1. The zero-order valence-electron chi connectivity index (χ0n) is 12.4. The van der Waals surface area contributed by atoms with Gasteiger partial charge in [0.15, 0.2) is 8.03 Å². The van der Waals surface area contributed by atoms with Crippen LogP contribution in [0.15, 0.2) is 0 Å². The van der Waals surface area contributed by atoms with Gasteiger partial charge in [0.2, 0.25) is 0 Å². The summed E-state index contributed by atoms with van der Waals surface area (Å²) in [7, 11) is -2.65. The standard InChI is InChI=1S/C13H29O2P/c1-10(2,3)13(16(14)15,11(4,5)6)12(7,8)9/h16H,1-9H3,(H,14,15). The molecule has 0 amide bonds. The quantitative estimate of drug-likeness (QED) is 0.701. The topological polar surface area (TPSA) is 37.3 Å². The monoisotopic (exact) mass is 248 g/mol. The SMILES string of the molecule is CC(C)(C)C([PH](=O)O)(C(C)(C)C)C(C)(C)C. The van der Waals surface area contributed by atoms with Gasteiger partial charge in [-0.1, -0.05) is 62.3 Å². The Morgan fingerprint density at radius 1 is 0.688 bits per heavy atom. The third-order valence-corrected chi connectivity index (χ3v) is 6.59. The molecule has 2 nitrogen and oxygen atoms in total. The largest absolute Gasteiger partial charge is 0.346 e. The minimum Gasteiger partial charge on any atom is -0.346 e. The predicted molar refractivity (Wildman–Crippen MR) is 72.3 cm³/mol. The van der Waals surface area contributed by atoms with Crippen LogP contribution in [-0.2, 0) is 4.57 Å². The lowest BCUT2D eigenvalue weighted by molar-refractivity contribution is 0.0263.